The predicted octanol–water partition coefficient (Wildman–Crippen LogP) is 4.09. The topological polar surface area (TPSA) is 77.7 Å². The van der Waals surface area contributed by atoms with Crippen molar-refractivity contribution in [3.05, 3.63) is 59.9 Å². The summed E-state index contributed by atoms with van der Waals surface area (Å²) in [6.45, 7) is 6.30. The zero-order valence-electron chi connectivity index (χ0n) is 17.9. The molecule has 7 heteroatoms. The van der Waals surface area contributed by atoms with Crippen molar-refractivity contribution in [2.45, 2.75) is 32.6 Å². The summed E-state index contributed by atoms with van der Waals surface area (Å²) in [6, 6.07) is 15.6. The standard InChI is InChI=1S/C24H27N3O4/c1-3-29-20-11-10-17(14-21(20)30-4-2)12-13-27-16-19(15-22(27)28)23-25-24(31-26-23)18-8-6-5-7-9-18/h5-11,14,19H,3-4,12-13,15-16H2,1-2H3. The number of carbonyl (C=O) groups excluding carboxylic acids is 1. The number of nitrogens with zero attached hydrogens (tertiary/aromatic N) is 3. The number of carbonyl (C=O) groups is 1. The Morgan fingerprint density at radius 3 is 2.61 bits per heavy atom. The van der Waals surface area contributed by atoms with E-state index in [1.165, 1.54) is 0 Å². The number of hydrogen-bond acceptors (Lipinski definition) is 6. The third-order valence-electron chi connectivity index (χ3n) is 5.32. The number of hydrogen-bond donors (Lipinski definition) is 0. The van der Waals surface area contributed by atoms with Gasteiger partial charge >= 0.3 is 0 Å². The minimum Gasteiger partial charge on any atom is -0.490 e. The van der Waals surface area contributed by atoms with Crippen molar-refractivity contribution < 1.29 is 18.8 Å². The largest absolute Gasteiger partial charge is 0.490 e. The van der Waals surface area contributed by atoms with Crippen molar-refractivity contribution >= 4 is 5.91 Å². The lowest BCUT2D eigenvalue weighted by Crippen LogP contribution is -2.27. The normalized spacial score (nSPS) is 16.0. The molecule has 1 atom stereocenters. The van der Waals surface area contributed by atoms with Gasteiger partial charge in [0.05, 0.1) is 13.2 Å². The number of ether oxygens (including phenoxy) is 2. The molecule has 7 nitrogen and oxygen atoms in total. The highest BCUT2D eigenvalue weighted by atomic mass is 16.5. The Balaban J connectivity index is 1.38. The van der Waals surface area contributed by atoms with Gasteiger partial charge in [-0.2, -0.15) is 4.98 Å². The third kappa shape index (κ3) is 4.87. The maximum Gasteiger partial charge on any atom is 0.257 e. The van der Waals surface area contributed by atoms with Crippen LogP contribution in [0.15, 0.2) is 53.1 Å². The Morgan fingerprint density at radius 1 is 1.06 bits per heavy atom. The van der Waals surface area contributed by atoms with Crippen LogP contribution in [0.1, 0.15) is 37.6 Å². The molecule has 2 heterocycles. The quantitative estimate of drug-likeness (QED) is 0.518. The smallest absolute Gasteiger partial charge is 0.257 e. The molecule has 1 saturated heterocycles. The van der Waals surface area contributed by atoms with Gasteiger partial charge < -0.3 is 18.9 Å². The van der Waals surface area contributed by atoms with E-state index < -0.39 is 0 Å². The summed E-state index contributed by atoms with van der Waals surface area (Å²) < 4.78 is 16.7. The van der Waals surface area contributed by atoms with Crippen molar-refractivity contribution in [2.75, 3.05) is 26.3 Å². The van der Waals surface area contributed by atoms with Crippen LogP contribution in [0.3, 0.4) is 0 Å². The first kappa shape index (κ1) is 20.9. The zero-order valence-corrected chi connectivity index (χ0v) is 17.9. The zero-order chi connectivity index (χ0) is 21.6. The van der Waals surface area contributed by atoms with Gasteiger partial charge in [0.2, 0.25) is 5.91 Å². The molecule has 4 rings (SSSR count). The molecule has 2 aromatic carbocycles. The van der Waals surface area contributed by atoms with Gasteiger partial charge in [0.1, 0.15) is 0 Å². The lowest BCUT2D eigenvalue weighted by molar-refractivity contribution is -0.127. The number of rotatable bonds is 9. The van der Waals surface area contributed by atoms with E-state index in [1.807, 2.05) is 67.3 Å². The fourth-order valence-electron chi connectivity index (χ4n) is 3.77. The number of aromatic nitrogens is 2. The van der Waals surface area contributed by atoms with E-state index in [-0.39, 0.29) is 11.8 Å². The molecule has 1 fully saturated rings. The Hall–Kier alpha value is -3.35. The van der Waals surface area contributed by atoms with Gasteiger partial charge in [-0.15, -0.1) is 0 Å². The van der Waals surface area contributed by atoms with Crippen LogP contribution in [0.25, 0.3) is 11.5 Å². The van der Waals surface area contributed by atoms with E-state index in [9.17, 15) is 4.79 Å². The number of benzene rings is 2. The van der Waals surface area contributed by atoms with Crippen molar-refractivity contribution in [1.82, 2.24) is 15.0 Å². The van der Waals surface area contributed by atoms with Crippen molar-refractivity contribution in [3.8, 4) is 23.0 Å². The molecule has 0 bridgehead atoms. The van der Waals surface area contributed by atoms with Gasteiger partial charge in [-0.05, 0) is 50.1 Å². The van der Waals surface area contributed by atoms with Crippen LogP contribution in [0.4, 0.5) is 0 Å². The van der Waals surface area contributed by atoms with Gasteiger partial charge in [-0.25, -0.2) is 0 Å². The monoisotopic (exact) mass is 421 g/mol. The first-order valence-electron chi connectivity index (χ1n) is 10.7. The Labute approximate surface area is 182 Å². The maximum absolute atomic E-state index is 12.6. The summed E-state index contributed by atoms with van der Waals surface area (Å²) in [5.41, 5.74) is 1.98. The summed E-state index contributed by atoms with van der Waals surface area (Å²) in [4.78, 5) is 19.0. The molecule has 1 aromatic heterocycles. The lowest BCUT2D eigenvalue weighted by Gasteiger charge is -2.17. The van der Waals surface area contributed by atoms with Gasteiger partial charge in [0.15, 0.2) is 17.3 Å². The fraction of sp³-hybridized carbons (Fsp3) is 0.375. The second-order valence-electron chi connectivity index (χ2n) is 7.46. The highest BCUT2D eigenvalue weighted by Gasteiger charge is 2.33. The highest BCUT2D eigenvalue weighted by molar-refractivity contribution is 5.79. The summed E-state index contributed by atoms with van der Waals surface area (Å²) >= 11 is 0. The average molecular weight is 421 g/mol. The van der Waals surface area contributed by atoms with Gasteiger partial charge in [0.25, 0.3) is 5.89 Å². The molecule has 0 radical (unpaired) electrons. The second-order valence-corrected chi connectivity index (χ2v) is 7.46. The van der Waals surface area contributed by atoms with Gasteiger partial charge in [-0.3, -0.25) is 4.79 Å². The van der Waals surface area contributed by atoms with Crippen molar-refractivity contribution in [2.24, 2.45) is 0 Å². The number of likely N-dealkylation sites (tertiary alicyclic amines) is 1. The summed E-state index contributed by atoms with van der Waals surface area (Å²) in [7, 11) is 0. The van der Waals surface area contributed by atoms with Crippen LogP contribution >= 0.6 is 0 Å². The minimum atomic E-state index is -0.0481. The summed E-state index contributed by atoms with van der Waals surface area (Å²) in [6.07, 6.45) is 1.15. The molecule has 31 heavy (non-hydrogen) atoms. The highest BCUT2D eigenvalue weighted by Crippen LogP contribution is 2.30. The SMILES string of the molecule is CCOc1ccc(CCN2CC(c3noc(-c4ccccc4)n3)CC2=O)cc1OCC. The molecule has 1 amide bonds. The van der Waals surface area contributed by atoms with Gasteiger partial charge in [-0.1, -0.05) is 29.4 Å². The Kier molecular flexibility index (Phi) is 6.50. The summed E-state index contributed by atoms with van der Waals surface area (Å²) in [5.74, 6) is 2.64. The Bertz CT molecular complexity index is 1020. The molecular formula is C24H27N3O4. The molecule has 0 saturated carbocycles. The van der Waals surface area contributed by atoms with Crippen LogP contribution in [0.2, 0.25) is 0 Å². The maximum atomic E-state index is 12.6. The van der Waals surface area contributed by atoms with Crippen LogP contribution in [-0.4, -0.2) is 47.3 Å². The first-order chi connectivity index (χ1) is 15.2. The molecular weight excluding hydrogens is 394 g/mol. The van der Waals surface area contributed by atoms with E-state index in [2.05, 4.69) is 10.1 Å². The molecule has 162 valence electrons. The molecule has 0 spiro atoms. The van der Waals surface area contributed by atoms with Crippen LogP contribution < -0.4 is 9.47 Å². The molecule has 1 aliphatic rings. The molecule has 0 aliphatic carbocycles. The molecule has 1 unspecified atom stereocenters. The van der Waals surface area contributed by atoms with Gasteiger partial charge in [0, 0.05) is 31.0 Å². The first-order valence-corrected chi connectivity index (χ1v) is 10.7. The van der Waals surface area contributed by atoms with E-state index in [0.29, 0.717) is 44.4 Å². The van der Waals surface area contributed by atoms with E-state index in [1.54, 1.807) is 0 Å². The van der Waals surface area contributed by atoms with Crippen LogP contribution in [0.5, 0.6) is 11.5 Å². The summed E-state index contributed by atoms with van der Waals surface area (Å²) in [5, 5.41) is 4.13. The predicted molar refractivity (Wildman–Crippen MR) is 116 cm³/mol. The third-order valence-corrected chi connectivity index (χ3v) is 5.32. The van der Waals surface area contributed by atoms with E-state index in [4.69, 9.17) is 14.0 Å². The molecule has 0 N–H and O–H groups in total. The van der Waals surface area contributed by atoms with Crippen molar-refractivity contribution in [3.63, 3.8) is 0 Å². The van der Waals surface area contributed by atoms with Crippen molar-refractivity contribution in [1.29, 1.82) is 0 Å². The molecule has 1 aliphatic heterocycles. The fourth-order valence-corrected chi connectivity index (χ4v) is 3.77. The number of amides is 1. The van der Waals surface area contributed by atoms with Crippen LogP contribution in [-0.2, 0) is 11.2 Å². The lowest BCUT2D eigenvalue weighted by atomic mass is 10.1. The molecule has 3 aromatic rings. The average Bonchev–Trinajstić information content (AvgIpc) is 3.42. The van der Waals surface area contributed by atoms with E-state index in [0.717, 1.165) is 29.0 Å². The Morgan fingerprint density at radius 2 is 1.84 bits per heavy atom. The van der Waals surface area contributed by atoms with Crippen LogP contribution in [0, 0.1) is 0 Å². The minimum absolute atomic E-state index is 0.0481. The second kappa shape index (κ2) is 9.64. The van der Waals surface area contributed by atoms with E-state index >= 15 is 0 Å².